The number of sulfonamides is 1. The predicted octanol–water partition coefficient (Wildman–Crippen LogP) is 6.40. The molecule has 0 radical (unpaired) electrons. The van der Waals surface area contributed by atoms with Crippen molar-refractivity contribution in [2.45, 2.75) is 56.8 Å². The van der Waals surface area contributed by atoms with E-state index in [4.69, 9.17) is 14.2 Å². The number of methoxy groups -OCH3 is 1. The van der Waals surface area contributed by atoms with E-state index in [1.807, 2.05) is 0 Å². The maximum Gasteiger partial charge on any atom is 0.263 e. The van der Waals surface area contributed by atoms with E-state index in [-0.39, 0.29) is 39.4 Å². The summed E-state index contributed by atoms with van der Waals surface area (Å²) in [6.07, 6.45) is 7.50. The summed E-state index contributed by atoms with van der Waals surface area (Å²) in [5.41, 5.74) is 0.878. The van der Waals surface area contributed by atoms with Gasteiger partial charge in [-0.25, -0.2) is 23.4 Å². The number of benzene rings is 2. The highest BCUT2D eigenvalue weighted by molar-refractivity contribution is 7.92. The molecule has 1 N–H and O–H groups in total. The van der Waals surface area contributed by atoms with Gasteiger partial charge in [-0.3, -0.25) is 4.72 Å². The Kier molecular flexibility index (Phi) is 8.58. The summed E-state index contributed by atoms with van der Waals surface area (Å²) in [4.78, 5) is 17.7. The summed E-state index contributed by atoms with van der Waals surface area (Å²) in [6, 6.07) is 15.5. The smallest absolute Gasteiger partial charge is 0.263 e. The van der Waals surface area contributed by atoms with Gasteiger partial charge in [0.2, 0.25) is 11.6 Å². The van der Waals surface area contributed by atoms with Crippen molar-refractivity contribution in [2.24, 2.45) is 5.92 Å². The molecule has 0 saturated heterocycles. The Hall–Kier alpha value is -4.25. The molecule has 0 amide bonds. The standard InChI is InChI=1S/C31H35N5O5S/c1-31(2,3)22-14-16-23(17-15-22)42(37,38)36-27-26(41-25-13-8-7-12-24(25)39-4)30(40-20-21-10-5-6-11-21)35-29(34-27)28-32-18-9-19-33-28/h7-9,12-19,21H,5-6,10-11,20H2,1-4H3,(H,34,35,36). The number of aromatic nitrogens is 4. The van der Waals surface area contributed by atoms with Crippen molar-refractivity contribution in [3.63, 3.8) is 0 Å². The molecule has 2 aromatic carbocycles. The fourth-order valence-electron chi connectivity index (χ4n) is 4.71. The van der Waals surface area contributed by atoms with Crippen molar-refractivity contribution in [3.05, 3.63) is 72.6 Å². The number of nitrogens with one attached hydrogen (secondary N) is 1. The van der Waals surface area contributed by atoms with Crippen LogP contribution in [0.2, 0.25) is 0 Å². The van der Waals surface area contributed by atoms with Gasteiger partial charge in [0, 0.05) is 12.4 Å². The van der Waals surface area contributed by atoms with Gasteiger partial charge in [-0.1, -0.05) is 57.9 Å². The average molecular weight is 590 g/mol. The van der Waals surface area contributed by atoms with Crippen LogP contribution in [0.4, 0.5) is 5.82 Å². The van der Waals surface area contributed by atoms with Gasteiger partial charge >= 0.3 is 0 Å². The molecule has 2 aromatic heterocycles. The third-order valence-corrected chi connectivity index (χ3v) is 8.43. The van der Waals surface area contributed by atoms with Crippen LogP contribution in [0.5, 0.6) is 23.1 Å². The van der Waals surface area contributed by atoms with Gasteiger partial charge < -0.3 is 14.2 Å². The first-order valence-electron chi connectivity index (χ1n) is 13.9. The zero-order valence-corrected chi connectivity index (χ0v) is 25.0. The monoisotopic (exact) mass is 589 g/mol. The fourth-order valence-corrected chi connectivity index (χ4v) is 5.72. The van der Waals surface area contributed by atoms with Crippen LogP contribution in [0.1, 0.15) is 52.0 Å². The second-order valence-electron chi connectivity index (χ2n) is 11.2. The molecule has 1 aliphatic carbocycles. The van der Waals surface area contributed by atoms with Crippen LogP contribution < -0.4 is 18.9 Å². The number of ether oxygens (including phenoxy) is 3. The Morgan fingerprint density at radius 2 is 1.55 bits per heavy atom. The van der Waals surface area contributed by atoms with Crippen LogP contribution in [-0.4, -0.2) is 42.1 Å². The second-order valence-corrected chi connectivity index (χ2v) is 12.9. The van der Waals surface area contributed by atoms with Crippen LogP contribution in [0.15, 0.2) is 71.9 Å². The molecule has 2 heterocycles. The number of rotatable bonds is 10. The van der Waals surface area contributed by atoms with Crippen molar-refractivity contribution in [1.82, 2.24) is 19.9 Å². The van der Waals surface area contributed by atoms with Gasteiger partial charge in [0.25, 0.3) is 15.9 Å². The lowest BCUT2D eigenvalue weighted by atomic mass is 9.87. The summed E-state index contributed by atoms with van der Waals surface area (Å²) in [5, 5.41) is 0. The molecule has 4 aromatic rings. The zero-order valence-electron chi connectivity index (χ0n) is 24.2. The summed E-state index contributed by atoms with van der Waals surface area (Å²) in [6.45, 7) is 6.60. The molecule has 0 atom stereocenters. The maximum atomic E-state index is 13.7. The molecule has 11 heteroatoms. The zero-order chi connectivity index (χ0) is 29.7. The molecular formula is C31H35N5O5S. The minimum Gasteiger partial charge on any atom is -0.493 e. The molecule has 5 rings (SSSR count). The second kappa shape index (κ2) is 12.3. The third-order valence-electron chi connectivity index (χ3n) is 7.07. The molecule has 42 heavy (non-hydrogen) atoms. The highest BCUT2D eigenvalue weighted by Gasteiger charge is 2.27. The van der Waals surface area contributed by atoms with E-state index in [1.165, 1.54) is 7.11 Å². The van der Waals surface area contributed by atoms with Gasteiger partial charge in [-0.05, 0) is 60.1 Å². The van der Waals surface area contributed by atoms with E-state index >= 15 is 0 Å². The Morgan fingerprint density at radius 3 is 2.19 bits per heavy atom. The highest BCUT2D eigenvalue weighted by Crippen LogP contribution is 2.42. The Balaban J connectivity index is 1.61. The Labute approximate surface area is 246 Å². The SMILES string of the molecule is COc1ccccc1Oc1c(NS(=O)(=O)c2ccc(C(C)(C)C)cc2)nc(-c2ncccn2)nc1OCC1CCCC1. The summed E-state index contributed by atoms with van der Waals surface area (Å²) in [5.74, 6) is 1.41. The molecule has 0 spiro atoms. The molecule has 220 valence electrons. The predicted molar refractivity (Wildman–Crippen MR) is 160 cm³/mol. The van der Waals surface area contributed by atoms with E-state index in [9.17, 15) is 8.42 Å². The third kappa shape index (κ3) is 6.79. The number of anilines is 1. The van der Waals surface area contributed by atoms with Gasteiger partial charge in [0.05, 0.1) is 18.6 Å². The molecule has 1 aliphatic rings. The molecule has 1 fully saturated rings. The minimum atomic E-state index is -4.10. The number of hydrogen-bond acceptors (Lipinski definition) is 9. The van der Waals surface area contributed by atoms with E-state index in [1.54, 1.807) is 67.0 Å². The van der Waals surface area contributed by atoms with Crippen molar-refractivity contribution in [1.29, 1.82) is 0 Å². The normalized spacial score (nSPS) is 14.0. The van der Waals surface area contributed by atoms with Crippen molar-refractivity contribution in [2.75, 3.05) is 18.4 Å². The average Bonchev–Trinajstić information content (AvgIpc) is 3.51. The first kappa shape index (κ1) is 29.2. The van der Waals surface area contributed by atoms with Crippen LogP contribution in [0, 0.1) is 5.92 Å². The maximum absolute atomic E-state index is 13.7. The van der Waals surface area contributed by atoms with E-state index in [0.29, 0.717) is 24.0 Å². The molecular weight excluding hydrogens is 554 g/mol. The topological polar surface area (TPSA) is 125 Å². The van der Waals surface area contributed by atoms with Crippen LogP contribution in [0.3, 0.4) is 0 Å². The lowest BCUT2D eigenvalue weighted by Gasteiger charge is -2.20. The molecule has 0 bridgehead atoms. The van der Waals surface area contributed by atoms with E-state index < -0.39 is 10.0 Å². The summed E-state index contributed by atoms with van der Waals surface area (Å²) >= 11 is 0. The van der Waals surface area contributed by atoms with E-state index in [0.717, 1.165) is 31.2 Å². The van der Waals surface area contributed by atoms with Crippen molar-refractivity contribution >= 4 is 15.8 Å². The highest BCUT2D eigenvalue weighted by atomic mass is 32.2. The van der Waals surface area contributed by atoms with Crippen LogP contribution >= 0.6 is 0 Å². The Morgan fingerprint density at radius 1 is 0.881 bits per heavy atom. The van der Waals surface area contributed by atoms with Crippen molar-refractivity contribution in [3.8, 4) is 34.8 Å². The molecule has 0 aliphatic heterocycles. The number of para-hydroxylation sites is 2. The van der Waals surface area contributed by atoms with Crippen LogP contribution in [0.25, 0.3) is 11.6 Å². The first-order valence-corrected chi connectivity index (χ1v) is 15.4. The first-order chi connectivity index (χ1) is 20.1. The fraction of sp³-hybridized carbons (Fsp3) is 0.355. The summed E-state index contributed by atoms with van der Waals surface area (Å²) in [7, 11) is -2.58. The number of hydrogen-bond donors (Lipinski definition) is 1. The quantitative estimate of drug-likeness (QED) is 0.224. The largest absolute Gasteiger partial charge is 0.493 e. The molecule has 0 unspecified atom stereocenters. The molecule has 1 saturated carbocycles. The van der Waals surface area contributed by atoms with Gasteiger partial charge in [-0.2, -0.15) is 4.98 Å². The molecule has 10 nitrogen and oxygen atoms in total. The Bertz CT molecular complexity index is 1620. The lowest BCUT2D eigenvalue weighted by molar-refractivity contribution is 0.234. The van der Waals surface area contributed by atoms with Crippen molar-refractivity contribution < 1.29 is 22.6 Å². The van der Waals surface area contributed by atoms with Gasteiger partial charge in [-0.15, -0.1) is 0 Å². The lowest BCUT2D eigenvalue weighted by Crippen LogP contribution is -2.18. The minimum absolute atomic E-state index is 0.00654. The van der Waals surface area contributed by atoms with Gasteiger partial charge in [0.15, 0.2) is 23.1 Å². The summed E-state index contributed by atoms with van der Waals surface area (Å²) < 4.78 is 48.0. The van der Waals surface area contributed by atoms with E-state index in [2.05, 4.69) is 45.4 Å². The van der Waals surface area contributed by atoms with Gasteiger partial charge in [0.1, 0.15) is 0 Å². The van der Waals surface area contributed by atoms with Crippen LogP contribution in [-0.2, 0) is 15.4 Å². The number of nitrogens with zero attached hydrogens (tertiary/aromatic N) is 4.